The Morgan fingerprint density at radius 2 is 2.32 bits per heavy atom. The molecule has 1 unspecified atom stereocenters. The third-order valence-electron chi connectivity index (χ3n) is 3.50. The Morgan fingerprint density at radius 3 is 2.95 bits per heavy atom. The first-order valence-corrected chi connectivity index (χ1v) is 7.02. The number of aromatic nitrogens is 3. The fourth-order valence-electron chi connectivity index (χ4n) is 2.35. The number of pyridine rings is 1. The van der Waals surface area contributed by atoms with Crippen molar-refractivity contribution in [3.05, 3.63) is 35.6 Å². The lowest BCUT2D eigenvalue weighted by atomic mass is 10.1. The Morgan fingerprint density at radius 1 is 1.45 bits per heavy atom. The molecule has 0 saturated carbocycles. The first-order chi connectivity index (χ1) is 10.7. The summed E-state index contributed by atoms with van der Waals surface area (Å²) < 4.78 is 10.5. The average Bonchev–Trinajstić information content (AvgIpc) is 3.00. The van der Waals surface area contributed by atoms with Gasteiger partial charge in [-0.2, -0.15) is 4.98 Å². The maximum absolute atomic E-state index is 12.7. The predicted molar refractivity (Wildman–Crippen MR) is 77.4 cm³/mol. The van der Waals surface area contributed by atoms with Crippen molar-refractivity contribution in [2.45, 2.75) is 13.0 Å². The summed E-state index contributed by atoms with van der Waals surface area (Å²) in [4.78, 5) is 22.8. The summed E-state index contributed by atoms with van der Waals surface area (Å²) in [6.45, 7) is 3.03. The highest BCUT2D eigenvalue weighted by atomic mass is 16.5. The van der Waals surface area contributed by atoms with E-state index in [-0.39, 0.29) is 11.9 Å². The van der Waals surface area contributed by atoms with E-state index in [0.29, 0.717) is 42.9 Å². The number of rotatable bonds is 3. The fourth-order valence-corrected chi connectivity index (χ4v) is 2.35. The van der Waals surface area contributed by atoms with Crippen LogP contribution in [0.15, 0.2) is 22.9 Å². The van der Waals surface area contributed by atoms with Crippen molar-refractivity contribution >= 4 is 11.7 Å². The maximum atomic E-state index is 12.7. The van der Waals surface area contributed by atoms with Crippen molar-refractivity contribution in [3.63, 3.8) is 0 Å². The normalized spacial score (nSPS) is 18.3. The molecule has 1 fully saturated rings. The monoisotopic (exact) mass is 303 g/mol. The van der Waals surface area contributed by atoms with Crippen molar-refractivity contribution in [3.8, 4) is 0 Å². The third kappa shape index (κ3) is 2.77. The molecule has 1 atom stereocenters. The van der Waals surface area contributed by atoms with Crippen LogP contribution in [-0.2, 0) is 4.74 Å². The van der Waals surface area contributed by atoms with E-state index in [4.69, 9.17) is 9.26 Å². The highest BCUT2D eigenvalue weighted by Crippen LogP contribution is 2.24. The van der Waals surface area contributed by atoms with Gasteiger partial charge in [0.2, 0.25) is 5.89 Å². The molecule has 116 valence electrons. The minimum absolute atomic E-state index is 0.120. The van der Waals surface area contributed by atoms with Gasteiger partial charge in [0, 0.05) is 26.7 Å². The number of hydrogen-bond donors (Lipinski definition) is 1. The van der Waals surface area contributed by atoms with Crippen molar-refractivity contribution < 1.29 is 14.1 Å². The summed E-state index contributed by atoms with van der Waals surface area (Å²) in [5.74, 6) is 1.52. The van der Waals surface area contributed by atoms with E-state index < -0.39 is 0 Å². The Balaban J connectivity index is 1.84. The molecule has 2 aromatic heterocycles. The van der Waals surface area contributed by atoms with Crippen LogP contribution in [0, 0.1) is 6.92 Å². The molecule has 3 rings (SSSR count). The zero-order valence-corrected chi connectivity index (χ0v) is 12.4. The van der Waals surface area contributed by atoms with Crippen LogP contribution in [0.3, 0.4) is 0 Å². The van der Waals surface area contributed by atoms with Crippen molar-refractivity contribution in [2.24, 2.45) is 0 Å². The molecule has 1 aliphatic rings. The van der Waals surface area contributed by atoms with E-state index in [9.17, 15) is 4.79 Å². The molecule has 0 spiro atoms. The lowest BCUT2D eigenvalue weighted by molar-refractivity contribution is -0.00578. The van der Waals surface area contributed by atoms with Gasteiger partial charge >= 0.3 is 0 Å². The minimum Gasteiger partial charge on any atom is -0.377 e. The van der Waals surface area contributed by atoms with Gasteiger partial charge in [-0.1, -0.05) is 5.16 Å². The zero-order valence-electron chi connectivity index (χ0n) is 12.4. The molecule has 8 heteroatoms. The average molecular weight is 303 g/mol. The molecule has 2 aromatic rings. The van der Waals surface area contributed by atoms with E-state index in [0.717, 1.165) is 0 Å². The maximum Gasteiger partial charge on any atom is 0.256 e. The number of anilines is 1. The summed E-state index contributed by atoms with van der Waals surface area (Å²) in [5, 5.41) is 6.83. The van der Waals surface area contributed by atoms with Crippen LogP contribution in [0.4, 0.5) is 5.82 Å². The second kappa shape index (κ2) is 6.10. The topological polar surface area (TPSA) is 93.4 Å². The third-order valence-corrected chi connectivity index (χ3v) is 3.50. The Kier molecular flexibility index (Phi) is 4.01. The van der Waals surface area contributed by atoms with Crippen LogP contribution in [0.5, 0.6) is 0 Å². The van der Waals surface area contributed by atoms with Crippen molar-refractivity contribution in [1.82, 2.24) is 20.0 Å². The van der Waals surface area contributed by atoms with Crippen molar-refractivity contribution in [2.75, 3.05) is 32.1 Å². The first-order valence-electron chi connectivity index (χ1n) is 7.02. The number of carbonyl (C=O) groups excluding carboxylic acids is 1. The van der Waals surface area contributed by atoms with Gasteiger partial charge in [-0.3, -0.25) is 4.79 Å². The van der Waals surface area contributed by atoms with Gasteiger partial charge in [-0.15, -0.1) is 0 Å². The van der Waals surface area contributed by atoms with E-state index in [2.05, 4.69) is 20.4 Å². The Bertz CT molecular complexity index is 655. The van der Waals surface area contributed by atoms with Gasteiger partial charge in [0.05, 0.1) is 18.8 Å². The second-order valence-electron chi connectivity index (χ2n) is 4.94. The van der Waals surface area contributed by atoms with Crippen LogP contribution in [0.2, 0.25) is 0 Å². The number of hydrogen-bond acceptors (Lipinski definition) is 7. The van der Waals surface area contributed by atoms with Gasteiger partial charge in [-0.25, -0.2) is 4.98 Å². The molecule has 3 heterocycles. The minimum atomic E-state index is -0.345. The number of morpholine rings is 1. The molecule has 1 saturated heterocycles. The molecule has 1 N–H and O–H groups in total. The van der Waals surface area contributed by atoms with E-state index in [1.54, 1.807) is 37.2 Å². The molecule has 0 bridgehead atoms. The highest BCUT2D eigenvalue weighted by Gasteiger charge is 2.32. The standard InChI is InChI=1S/C14H17N5O3/c1-9-17-13(18-22-9)11-8-21-6-5-19(11)14(20)10-3-4-12(15-2)16-7-10/h3-4,7,11H,5-6,8H2,1-2H3,(H,15,16). The van der Waals surface area contributed by atoms with Crippen LogP contribution >= 0.6 is 0 Å². The van der Waals surface area contributed by atoms with E-state index >= 15 is 0 Å². The van der Waals surface area contributed by atoms with E-state index in [1.807, 2.05) is 0 Å². The molecule has 0 radical (unpaired) electrons. The number of nitrogens with zero attached hydrogens (tertiary/aromatic N) is 4. The number of aryl methyl sites for hydroxylation is 1. The summed E-state index contributed by atoms with van der Waals surface area (Å²) >= 11 is 0. The molecule has 22 heavy (non-hydrogen) atoms. The Labute approximate surface area is 127 Å². The Hall–Kier alpha value is -2.48. The summed E-state index contributed by atoms with van der Waals surface area (Å²) in [5.41, 5.74) is 0.520. The van der Waals surface area contributed by atoms with Crippen LogP contribution in [0.1, 0.15) is 28.1 Å². The van der Waals surface area contributed by atoms with Gasteiger partial charge in [0.25, 0.3) is 5.91 Å². The van der Waals surface area contributed by atoms with Crippen LogP contribution in [0.25, 0.3) is 0 Å². The summed E-state index contributed by atoms with van der Waals surface area (Å²) in [6.07, 6.45) is 1.56. The number of carbonyl (C=O) groups is 1. The quantitative estimate of drug-likeness (QED) is 0.905. The smallest absolute Gasteiger partial charge is 0.256 e. The zero-order chi connectivity index (χ0) is 15.5. The van der Waals surface area contributed by atoms with Crippen LogP contribution < -0.4 is 5.32 Å². The lowest BCUT2D eigenvalue weighted by Gasteiger charge is -2.33. The molecule has 0 aromatic carbocycles. The van der Waals surface area contributed by atoms with Gasteiger partial charge in [-0.05, 0) is 12.1 Å². The molecular formula is C14H17N5O3. The number of nitrogens with one attached hydrogen (secondary N) is 1. The van der Waals surface area contributed by atoms with Gasteiger partial charge in [0.1, 0.15) is 11.9 Å². The van der Waals surface area contributed by atoms with Gasteiger partial charge < -0.3 is 19.5 Å². The van der Waals surface area contributed by atoms with Crippen LogP contribution in [-0.4, -0.2) is 52.7 Å². The molecular weight excluding hydrogens is 286 g/mol. The summed E-state index contributed by atoms with van der Waals surface area (Å²) in [7, 11) is 1.78. The number of ether oxygens (including phenoxy) is 1. The largest absolute Gasteiger partial charge is 0.377 e. The fraction of sp³-hybridized carbons (Fsp3) is 0.429. The SMILES string of the molecule is CNc1ccc(C(=O)N2CCOCC2c2noc(C)n2)cn1. The van der Waals surface area contributed by atoms with Gasteiger partial charge in [0.15, 0.2) is 5.82 Å². The highest BCUT2D eigenvalue weighted by molar-refractivity contribution is 5.94. The van der Waals surface area contributed by atoms with Crippen molar-refractivity contribution in [1.29, 1.82) is 0 Å². The first kappa shape index (κ1) is 14.5. The predicted octanol–water partition coefficient (Wildman–Crippen LogP) is 1.03. The lowest BCUT2D eigenvalue weighted by Crippen LogP contribution is -2.43. The second-order valence-corrected chi connectivity index (χ2v) is 4.94. The van der Waals surface area contributed by atoms with E-state index in [1.165, 1.54) is 0 Å². The molecule has 0 aliphatic carbocycles. The molecule has 8 nitrogen and oxygen atoms in total. The molecule has 1 aliphatic heterocycles. The number of amides is 1. The summed E-state index contributed by atoms with van der Waals surface area (Å²) in [6, 6.07) is 3.17. The molecule has 1 amide bonds.